The summed E-state index contributed by atoms with van der Waals surface area (Å²) in [5.41, 5.74) is 0.884. The van der Waals surface area contributed by atoms with Crippen molar-refractivity contribution in [2.75, 3.05) is 27.3 Å². The Morgan fingerprint density at radius 3 is 2.82 bits per heavy atom. The van der Waals surface area contributed by atoms with Crippen molar-refractivity contribution in [2.24, 2.45) is 0 Å². The first-order valence-electron chi connectivity index (χ1n) is 7.94. The van der Waals surface area contributed by atoms with E-state index in [9.17, 15) is 4.79 Å². The number of nitrogens with one attached hydrogen (secondary N) is 1. The van der Waals surface area contributed by atoms with E-state index in [1.807, 2.05) is 23.1 Å². The first kappa shape index (κ1) is 15.2. The Hall–Kier alpha value is -1.75. The second-order valence-electron chi connectivity index (χ2n) is 6.12. The number of fused-ring (bicyclic) bond motifs is 2. The standard InChI is InChI=1S/C17H24N2O3/c1-21-15-5-6-16(22-2)12(9-15)10-17(20)19-8-7-13-3-4-14(11-19)18-13/h5-6,9,13-14,18H,3-4,7-8,10-11H2,1-2H3. The Morgan fingerprint density at radius 2 is 2.05 bits per heavy atom. The van der Waals surface area contributed by atoms with Crippen molar-refractivity contribution in [2.45, 2.75) is 37.8 Å². The maximum Gasteiger partial charge on any atom is 0.227 e. The molecule has 2 bridgehead atoms. The first-order chi connectivity index (χ1) is 10.7. The summed E-state index contributed by atoms with van der Waals surface area (Å²) in [6, 6.07) is 6.64. The molecule has 2 heterocycles. The third kappa shape index (κ3) is 3.19. The lowest BCUT2D eigenvalue weighted by molar-refractivity contribution is -0.130. The van der Waals surface area contributed by atoms with E-state index in [1.165, 1.54) is 12.8 Å². The van der Waals surface area contributed by atoms with E-state index in [2.05, 4.69) is 5.32 Å². The lowest BCUT2D eigenvalue weighted by atomic mass is 10.1. The van der Waals surface area contributed by atoms with Gasteiger partial charge in [-0.15, -0.1) is 0 Å². The van der Waals surface area contributed by atoms with Crippen LogP contribution in [0.15, 0.2) is 18.2 Å². The topological polar surface area (TPSA) is 50.8 Å². The molecule has 2 unspecified atom stereocenters. The number of likely N-dealkylation sites (tertiary alicyclic amines) is 1. The third-order valence-electron chi connectivity index (χ3n) is 4.71. The van der Waals surface area contributed by atoms with Crippen molar-refractivity contribution < 1.29 is 14.3 Å². The predicted octanol–water partition coefficient (Wildman–Crippen LogP) is 1.60. The van der Waals surface area contributed by atoms with Crippen LogP contribution in [0.3, 0.4) is 0 Å². The molecule has 2 aliphatic heterocycles. The zero-order valence-electron chi connectivity index (χ0n) is 13.3. The minimum Gasteiger partial charge on any atom is -0.497 e. The van der Waals surface area contributed by atoms with Gasteiger partial charge in [0.25, 0.3) is 0 Å². The molecule has 0 radical (unpaired) electrons. The van der Waals surface area contributed by atoms with Gasteiger partial charge in [0.1, 0.15) is 11.5 Å². The van der Waals surface area contributed by atoms with Gasteiger partial charge >= 0.3 is 0 Å². The van der Waals surface area contributed by atoms with E-state index in [0.717, 1.165) is 36.6 Å². The van der Waals surface area contributed by atoms with Crippen LogP contribution in [0.5, 0.6) is 11.5 Å². The summed E-state index contributed by atoms with van der Waals surface area (Å²) in [5.74, 6) is 1.66. The number of amides is 1. The molecule has 1 aromatic rings. The summed E-state index contributed by atoms with van der Waals surface area (Å²) in [5, 5.41) is 3.60. The van der Waals surface area contributed by atoms with Crippen LogP contribution in [0.2, 0.25) is 0 Å². The van der Waals surface area contributed by atoms with Gasteiger partial charge in [-0.1, -0.05) is 0 Å². The van der Waals surface area contributed by atoms with Gasteiger partial charge in [0, 0.05) is 30.7 Å². The molecule has 2 aliphatic rings. The number of nitrogens with zero attached hydrogens (tertiary/aromatic N) is 1. The fourth-order valence-electron chi connectivity index (χ4n) is 3.46. The molecule has 1 aromatic carbocycles. The van der Waals surface area contributed by atoms with Crippen molar-refractivity contribution in [3.8, 4) is 11.5 Å². The van der Waals surface area contributed by atoms with Crippen LogP contribution in [-0.2, 0) is 11.2 Å². The van der Waals surface area contributed by atoms with Crippen molar-refractivity contribution >= 4 is 5.91 Å². The fraction of sp³-hybridized carbons (Fsp3) is 0.588. The maximum absolute atomic E-state index is 12.7. The van der Waals surface area contributed by atoms with Gasteiger partial charge in [0.05, 0.1) is 20.6 Å². The average Bonchev–Trinajstić information content (AvgIpc) is 2.86. The fourth-order valence-corrected chi connectivity index (χ4v) is 3.46. The zero-order valence-corrected chi connectivity index (χ0v) is 13.3. The van der Waals surface area contributed by atoms with E-state index in [1.54, 1.807) is 14.2 Å². The number of hydrogen-bond acceptors (Lipinski definition) is 4. The smallest absolute Gasteiger partial charge is 0.227 e. The number of methoxy groups -OCH3 is 2. The van der Waals surface area contributed by atoms with Crippen LogP contribution < -0.4 is 14.8 Å². The van der Waals surface area contributed by atoms with Crippen molar-refractivity contribution in [1.82, 2.24) is 10.2 Å². The highest BCUT2D eigenvalue weighted by molar-refractivity contribution is 5.79. The third-order valence-corrected chi connectivity index (χ3v) is 4.71. The minimum atomic E-state index is 0.168. The Bertz CT molecular complexity index is 547. The number of hydrogen-bond donors (Lipinski definition) is 1. The highest BCUT2D eigenvalue weighted by atomic mass is 16.5. The number of carbonyl (C=O) groups is 1. The highest BCUT2D eigenvalue weighted by Crippen LogP contribution is 2.26. The van der Waals surface area contributed by atoms with Gasteiger partial charge in [0.2, 0.25) is 5.91 Å². The molecule has 2 saturated heterocycles. The second-order valence-corrected chi connectivity index (χ2v) is 6.12. The van der Waals surface area contributed by atoms with Gasteiger partial charge in [-0.3, -0.25) is 4.79 Å². The molecular weight excluding hydrogens is 280 g/mol. The van der Waals surface area contributed by atoms with E-state index in [0.29, 0.717) is 18.5 Å². The monoisotopic (exact) mass is 304 g/mol. The van der Waals surface area contributed by atoms with Crippen LogP contribution in [-0.4, -0.2) is 50.2 Å². The largest absolute Gasteiger partial charge is 0.497 e. The van der Waals surface area contributed by atoms with Crippen molar-refractivity contribution in [3.05, 3.63) is 23.8 Å². The Morgan fingerprint density at radius 1 is 1.23 bits per heavy atom. The van der Waals surface area contributed by atoms with Gasteiger partial charge in [-0.2, -0.15) is 0 Å². The van der Waals surface area contributed by atoms with Gasteiger partial charge < -0.3 is 19.7 Å². The maximum atomic E-state index is 12.7. The molecular formula is C17H24N2O3. The van der Waals surface area contributed by atoms with E-state index >= 15 is 0 Å². The van der Waals surface area contributed by atoms with Crippen LogP contribution in [0.4, 0.5) is 0 Å². The first-order valence-corrected chi connectivity index (χ1v) is 7.94. The number of carbonyl (C=O) groups excluding carboxylic acids is 1. The molecule has 0 spiro atoms. The summed E-state index contributed by atoms with van der Waals surface area (Å²) in [6.45, 7) is 1.67. The summed E-state index contributed by atoms with van der Waals surface area (Å²) in [6.07, 6.45) is 3.84. The molecule has 1 N–H and O–H groups in total. The summed E-state index contributed by atoms with van der Waals surface area (Å²) in [4.78, 5) is 14.7. The Balaban J connectivity index is 1.70. The van der Waals surface area contributed by atoms with Gasteiger partial charge in [-0.05, 0) is 37.5 Å². The average molecular weight is 304 g/mol. The van der Waals surface area contributed by atoms with E-state index in [4.69, 9.17) is 9.47 Å². The summed E-state index contributed by atoms with van der Waals surface area (Å²) < 4.78 is 10.6. The highest BCUT2D eigenvalue weighted by Gasteiger charge is 2.31. The van der Waals surface area contributed by atoms with Crippen LogP contribution in [0.25, 0.3) is 0 Å². The molecule has 2 fully saturated rings. The van der Waals surface area contributed by atoms with E-state index in [-0.39, 0.29) is 5.91 Å². The Kier molecular flexibility index (Phi) is 4.52. The molecule has 120 valence electrons. The van der Waals surface area contributed by atoms with Crippen LogP contribution in [0.1, 0.15) is 24.8 Å². The lowest BCUT2D eigenvalue weighted by Gasteiger charge is -2.24. The molecule has 0 aromatic heterocycles. The summed E-state index contributed by atoms with van der Waals surface area (Å²) in [7, 11) is 3.26. The molecule has 0 saturated carbocycles. The van der Waals surface area contributed by atoms with Gasteiger partial charge in [-0.25, -0.2) is 0 Å². The number of benzene rings is 1. The SMILES string of the molecule is COc1ccc(OC)c(CC(=O)N2CCC3CCC(C2)N3)c1. The molecule has 5 heteroatoms. The normalized spacial score (nSPS) is 24.0. The quantitative estimate of drug-likeness (QED) is 0.918. The summed E-state index contributed by atoms with van der Waals surface area (Å²) >= 11 is 0. The van der Waals surface area contributed by atoms with Crippen molar-refractivity contribution in [3.63, 3.8) is 0 Å². The predicted molar refractivity (Wildman–Crippen MR) is 84.4 cm³/mol. The molecule has 22 heavy (non-hydrogen) atoms. The Labute approximate surface area is 131 Å². The van der Waals surface area contributed by atoms with Crippen LogP contribution in [0, 0.1) is 0 Å². The molecule has 3 rings (SSSR count). The molecule has 5 nitrogen and oxygen atoms in total. The van der Waals surface area contributed by atoms with Crippen LogP contribution >= 0.6 is 0 Å². The number of rotatable bonds is 4. The molecule has 1 amide bonds. The minimum absolute atomic E-state index is 0.168. The molecule has 0 aliphatic carbocycles. The van der Waals surface area contributed by atoms with E-state index < -0.39 is 0 Å². The molecule has 2 atom stereocenters. The lowest BCUT2D eigenvalue weighted by Crippen LogP contribution is -2.39. The van der Waals surface area contributed by atoms with Gasteiger partial charge in [0.15, 0.2) is 0 Å². The zero-order chi connectivity index (χ0) is 15.5. The number of ether oxygens (including phenoxy) is 2. The second kappa shape index (κ2) is 6.57. The van der Waals surface area contributed by atoms with Crippen molar-refractivity contribution in [1.29, 1.82) is 0 Å².